The van der Waals surface area contributed by atoms with Crippen LogP contribution in [0, 0.1) is 11.3 Å². The van der Waals surface area contributed by atoms with Gasteiger partial charge in [-0.25, -0.2) is 4.39 Å². The SMILES string of the molecule is C[C@H]([C@H](C(=O)Nc1cc([C@@H](CC(=O)O)C23CC(F)(C2)C3)ccc1Cl)c1ccc(Cl)cc1)C(F)(F)F. The van der Waals surface area contributed by atoms with Crippen molar-refractivity contribution in [3.8, 4) is 0 Å². The zero-order valence-electron chi connectivity index (χ0n) is 18.6. The van der Waals surface area contributed by atoms with Crippen LogP contribution in [-0.2, 0) is 9.59 Å². The van der Waals surface area contributed by atoms with E-state index in [0.717, 1.165) is 6.92 Å². The number of alkyl halides is 4. The number of halogens is 6. The number of carbonyl (C=O) groups is 2. The smallest absolute Gasteiger partial charge is 0.392 e. The number of hydrogen-bond acceptors (Lipinski definition) is 2. The van der Waals surface area contributed by atoms with Gasteiger partial charge in [-0.1, -0.05) is 48.3 Å². The van der Waals surface area contributed by atoms with E-state index in [1.54, 1.807) is 6.07 Å². The second-order valence-electron chi connectivity index (χ2n) is 9.78. The molecule has 5 rings (SSSR count). The summed E-state index contributed by atoms with van der Waals surface area (Å²) in [6.07, 6.45) is -4.08. The van der Waals surface area contributed by atoms with E-state index in [0.29, 0.717) is 10.6 Å². The molecule has 3 aliphatic carbocycles. The van der Waals surface area contributed by atoms with Crippen LogP contribution < -0.4 is 5.32 Å². The predicted molar refractivity (Wildman–Crippen MR) is 125 cm³/mol. The summed E-state index contributed by atoms with van der Waals surface area (Å²) in [5.74, 6) is -6.06. The summed E-state index contributed by atoms with van der Waals surface area (Å²) < 4.78 is 55.0. The molecule has 3 fully saturated rings. The number of carboxylic acids is 1. The lowest BCUT2D eigenvalue weighted by Crippen LogP contribution is -2.66. The molecule has 0 unspecified atom stereocenters. The Morgan fingerprint density at radius 3 is 2.14 bits per heavy atom. The van der Waals surface area contributed by atoms with Gasteiger partial charge in [0.1, 0.15) is 5.67 Å². The minimum atomic E-state index is -4.65. The fraction of sp³-hybridized carbons (Fsp3) is 0.440. The molecule has 1 amide bonds. The first-order valence-electron chi connectivity index (χ1n) is 11.1. The average Bonchev–Trinajstić information content (AvgIpc) is 2.71. The second kappa shape index (κ2) is 8.96. The monoisotopic (exact) mass is 531 g/mol. The minimum Gasteiger partial charge on any atom is -0.481 e. The predicted octanol–water partition coefficient (Wildman–Crippen LogP) is 7.36. The Morgan fingerprint density at radius 2 is 1.63 bits per heavy atom. The number of aliphatic carboxylic acids is 1. The van der Waals surface area contributed by atoms with E-state index in [1.165, 1.54) is 36.4 Å². The second-order valence-corrected chi connectivity index (χ2v) is 10.6. The van der Waals surface area contributed by atoms with Gasteiger partial charge >= 0.3 is 12.1 Å². The van der Waals surface area contributed by atoms with Crippen LogP contribution in [0.15, 0.2) is 42.5 Å². The van der Waals surface area contributed by atoms with Gasteiger partial charge in [-0.15, -0.1) is 0 Å². The molecule has 4 nitrogen and oxygen atoms in total. The van der Waals surface area contributed by atoms with Gasteiger partial charge in [0.25, 0.3) is 0 Å². The zero-order chi connectivity index (χ0) is 25.8. The van der Waals surface area contributed by atoms with Crippen molar-refractivity contribution in [2.45, 2.75) is 56.3 Å². The van der Waals surface area contributed by atoms with Crippen molar-refractivity contribution in [3.05, 3.63) is 63.6 Å². The van der Waals surface area contributed by atoms with Crippen LogP contribution in [0.5, 0.6) is 0 Å². The van der Waals surface area contributed by atoms with Crippen molar-refractivity contribution in [3.63, 3.8) is 0 Å². The largest absolute Gasteiger partial charge is 0.481 e. The highest BCUT2D eigenvalue weighted by Gasteiger charge is 2.71. The molecule has 10 heteroatoms. The molecule has 0 aromatic heterocycles. The minimum absolute atomic E-state index is 0.0689. The summed E-state index contributed by atoms with van der Waals surface area (Å²) >= 11 is 12.1. The Balaban J connectivity index is 1.64. The van der Waals surface area contributed by atoms with Crippen LogP contribution in [0.1, 0.15) is 55.6 Å². The van der Waals surface area contributed by atoms with Crippen molar-refractivity contribution < 1.29 is 32.3 Å². The van der Waals surface area contributed by atoms with E-state index in [-0.39, 0.29) is 42.0 Å². The molecule has 188 valence electrons. The number of carboxylic acid groups (broad SMARTS) is 1. The van der Waals surface area contributed by atoms with Crippen LogP contribution in [-0.4, -0.2) is 28.8 Å². The molecule has 3 saturated carbocycles. The van der Waals surface area contributed by atoms with Crippen LogP contribution in [0.3, 0.4) is 0 Å². The molecule has 0 aliphatic heterocycles. The van der Waals surface area contributed by atoms with E-state index in [9.17, 15) is 32.3 Å². The molecule has 2 aromatic carbocycles. The molecular weight excluding hydrogens is 509 g/mol. The normalized spacial score (nSPS) is 25.6. The first kappa shape index (κ1) is 25.8. The van der Waals surface area contributed by atoms with Crippen molar-refractivity contribution in [2.24, 2.45) is 11.3 Å². The van der Waals surface area contributed by atoms with Crippen LogP contribution in [0.25, 0.3) is 0 Å². The maximum atomic E-state index is 14.2. The number of benzene rings is 2. The average molecular weight is 532 g/mol. The molecule has 0 spiro atoms. The fourth-order valence-electron chi connectivity index (χ4n) is 5.56. The number of amides is 1. The summed E-state index contributed by atoms with van der Waals surface area (Å²) in [7, 11) is 0. The summed E-state index contributed by atoms with van der Waals surface area (Å²) in [6, 6.07) is 10.1. The molecule has 2 aromatic rings. The van der Waals surface area contributed by atoms with Gasteiger partial charge in [0.05, 0.1) is 29.0 Å². The Kier molecular flexibility index (Phi) is 6.60. The van der Waals surface area contributed by atoms with Gasteiger partial charge in [-0.2, -0.15) is 13.2 Å². The van der Waals surface area contributed by atoms with Crippen LogP contribution in [0.4, 0.5) is 23.2 Å². The van der Waals surface area contributed by atoms with E-state index in [4.69, 9.17) is 23.2 Å². The number of rotatable bonds is 8. The lowest BCUT2D eigenvalue weighted by Gasteiger charge is -2.69. The highest BCUT2D eigenvalue weighted by atomic mass is 35.5. The third-order valence-corrected chi connectivity index (χ3v) is 7.88. The van der Waals surface area contributed by atoms with Crippen molar-refractivity contribution in [1.29, 1.82) is 0 Å². The topological polar surface area (TPSA) is 66.4 Å². The molecule has 0 saturated heterocycles. The van der Waals surface area contributed by atoms with Crippen molar-refractivity contribution in [1.82, 2.24) is 0 Å². The molecule has 3 atom stereocenters. The molecular formula is C25H23Cl2F4NO3. The summed E-state index contributed by atoms with van der Waals surface area (Å²) in [5, 5.41) is 12.3. The quantitative estimate of drug-likeness (QED) is 0.349. The van der Waals surface area contributed by atoms with E-state index in [2.05, 4.69) is 5.32 Å². The molecule has 2 N–H and O–H groups in total. The van der Waals surface area contributed by atoms with E-state index in [1.807, 2.05) is 0 Å². The van der Waals surface area contributed by atoms with Gasteiger partial charge in [-0.3, -0.25) is 9.59 Å². The Hall–Kier alpha value is -2.32. The number of nitrogens with one attached hydrogen (secondary N) is 1. The Morgan fingerprint density at radius 1 is 1.06 bits per heavy atom. The molecule has 2 bridgehead atoms. The molecule has 0 radical (unpaired) electrons. The Labute approximate surface area is 209 Å². The fourth-order valence-corrected chi connectivity index (χ4v) is 5.85. The summed E-state index contributed by atoms with van der Waals surface area (Å²) in [6.45, 7) is 0.926. The molecule has 3 aliphatic rings. The van der Waals surface area contributed by atoms with E-state index >= 15 is 0 Å². The highest BCUT2D eigenvalue weighted by Crippen LogP contribution is 2.75. The first-order chi connectivity index (χ1) is 16.2. The standard InChI is InChI=1S/C25H23Cl2F4NO3/c1-13(25(29,30)31)21(14-2-5-16(26)6-3-14)22(35)32-19-8-15(4-7-18(19)27)17(9-20(33)34)23-10-24(28,11-23)12-23/h2-8,13,17,21H,9-12H2,1H3,(H,32,35)(H,33,34)/t13-,17-,21+,23?,24?/m1/s1. The van der Waals surface area contributed by atoms with Gasteiger partial charge in [0, 0.05) is 10.9 Å². The summed E-state index contributed by atoms with van der Waals surface area (Å²) in [5.41, 5.74) is -0.964. The van der Waals surface area contributed by atoms with Crippen LogP contribution in [0.2, 0.25) is 10.0 Å². The zero-order valence-corrected chi connectivity index (χ0v) is 20.1. The number of hydrogen-bond donors (Lipinski definition) is 2. The molecule has 0 heterocycles. The third-order valence-electron chi connectivity index (χ3n) is 7.30. The first-order valence-corrected chi connectivity index (χ1v) is 11.8. The third kappa shape index (κ3) is 5.00. The molecule has 35 heavy (non-hydrogen) atoms. The number of anilines is 1. The van der Waals surface area contributed by atoms with Gasteiger partial charge < -0.3 is 10.4 Å². The van der Waals surface area contributed by atoms with Gasteiger partial charge in [0.2, 0.25) is 5.91 Å². The van der Waals surface area contributed by atoms with Crippen LogP contribution >= 0.6 is 23.2 Å². The Bertz CT molecular complexity index is 1130. The van der Waals surface area contributed by atoms with Gasteiger partial charge in [-0.05, 0) is 60.1 Å². The van der Waals surface area contributed by atoms with E-state index < -0.39 is 46.9 Å². The van der Waals surface area contributed by atoms with Crippen molar-refractivity contribution >= 4 is 40.8 Å². The number of carbonyl (C=O) groups excluding carboxylic acids is 1. The summed E-state index contributed by atoms with van der Waals surface area (Å²) in [4.78, 5) is 24.7. The van der Waals surface area contributed by atoms with Gasteiger partial charge in [0.15, 0.2) is 0 Å². The lowest BCUT2D eigenvalue weighted by molar-refractivity contribution is -0.228. The highest BCUT2D eigenvalue weighted by molar-refractivity contribution is 6.33. The van der Waals surface area contributed by atoms with Crippen molar-refractivity contribution in [2.75, 3.05) is 5.32 Å². The lowest BCUT2D eigenvalue weighted by atomic mass is 9.37. The maximum absolute atomic E-state index is 14.2. The maximum Gasteiger partial charge on any atom is 0.392 e.